The molecule has 0 saturated carbocycles. The third-order valence-corrected chi connectivity index (χ3v) is 3.56. The molecule has 8 heteroatoms. The topological polar surface area (TPSA) is 102 Å². The molecule has 2 aromatic rings. The van der Waals surface area contributed by atoms with Crippen LogP contribution in [-0.2, 0) is 14.3 Å². The van der Waals surface area contributed by atoms with E-state index in [9.17, 15) is 19.2 Å². The summed E-state index contributed by atoms with van der Waals surface area (Å²) in [5, 5.41) is 2.13. The molecule has 27 heavy (non-hydrogen) atoms. The number of imide groups is 1. The molecule has 2 aromatic carbocycles. The molecule has 2 rings (SSSR count). The van der Waals surface area contributed by atoms with Crippen molar-refractivity contribution in [1.82, 2.24) is 5.32 Å². The lowest BCUT2D eigenvalue weighted by Gasteiger charge is -2.18. The predicted octanol–water partition coefficient (Wildman–Crippen LogP) is 2.00. The van der Waals surface area contributed by atoms with E-state index in [1.807, 2.05) is 0 Å². The Kier molecular flexibility index (Phi) is 6.65. The molecule has 8 nitrogen and oxygen atoms in total. The highest BCUT2D eigenvalue weighted by molar-refractivity contribution is 6.06. The number of ether oxygens (including phenoxy) is 2. The van der Waals surface area contributed by atoms with E-state index in [1.165, 1.54) is 26.3 Å². The molecule has 3 amide bonds. The molecule has 0 unspecified atom stereocenters. The molecule has 0 aromatic heterocycles. The maximum atomic E-state index is 12.3. The number of nitrogens with zero attached hydrogens (tertiary/aromatic N) is 1. The average Bonchev–Trinajstić information content (AvgIpc) is 2.71. The normalized spacial score (nSPS) is 9.85. The Labute approximate surface area is 155 Å². The van der Waals surface area contributed by atoms with Gasteiger partial charge in [0.2, 0.25) is 0 Å². The molecule has 0 spiro atoms. The first-order valence-corrected chi connectivity index (χ1v) is 7.91. The summed E-state index contributed by atoms with van der Waals surface area (Å²) in [7, 11) is 2.65. The molecular weight excluding hydrogens is 352 g/mol. The van der Waals surface area contributed by atoms with E-state index in [2.05, 4.69) is 10.1 Å². The van der Waals surface area contributed by atoms with E-state index in [1.54, 1.807) is 42.5 Å². The van der Waals surface area contributed by atoms with Crippen LogP contribution in [0.1, 0.15) is 20.7 Å². The first-order chi connectivity index (χ1) is 12.9. The van der Waals surface area contributed by atoms with Gasteiger partial charge in [0.15, 0.2) is 6.61 Å². The van der Waals surface area contributed by atoms with Gasteiger partial charge in [-0.3, -0.25) is 19.8 Å². The third-order valence-electron chi connectivity index (χ3n) is 3.56. The Morgan fingerprint density at radius 3 is 2.26 bits per heavy atom. The zero-order valence-electron chi connectivity index (χ0n) is 14.8. The summed E-state index contributed by atoms with van der Waals surface area (Å²) >= 11 is 0. The molecule has 0 radical (unpaired) electrons. The fraction of sp³-hybridized carbons (Fsp3) is 0.158. The summed E-state index contributed by atoms with van der Waals surface area (Å²) in [5.74, 6) is -2.18. The number of carbonyl (C=O) groups excluding carboxylic acids is 4. The first-order valence-electron chi connectivity index (χ1n) is 7.91. The maximum absolute atomic E-state index is 12.3. The second-order valence-corrected chi connectivity index (χ2v) is 5.37. The van der Waals surface area contributed by atoms with Gasteiger partial charge >= 0.3 is 12.1 Å². The van der Waals surface area contributed by atoms with Crippen LogP contribution in [-0.4, -0.2) is 44.6 Å². The number of methoxy groups -OCH3 is 1. The zero-order chi connectivity index (χ0) is 19.8. The van der Waals surface area contributed by atoms with Crippen molar-refractivity contribution in [2.24, 2.45) is 0 Å². The lowest BCUT2D eigenvalue weighted by molar-refractivity contribution is -0.123. The van der Waals surface area contributed by atoms with Gasteiger partial charge in [-0.15, -0.1) is 0 Å². The minimum atomic E-state index is -0.816. The van der Waals surface area contributed by atoms with Crippen molar-refractivity contribution >= 4 is 29.6 Å². The van der Waals surface area contributed by atoms with E-state index >= 15 is 0 Å². The summed E-state index contributed by atoms with van der Waals surface area (Å²) < 4.78 is 9.57. The SMILES string of the molecule is COC(=O)N(C)c1ccccc1C(=O)OCC(=O)NC(=O)c1ccccc1. The Morgan fingerprint density at radius 1 is 0.963 bits per heavy atom. The predicted molar refractivity (Wildman–Crippen MR) is 96.4 cm³/mol. The van der Waals surface area contributed by atoms with E-state index in [0.29, 0.717) is 5.56 Å². The maximum Gasteiger partial charge on any atom is 0.413 e. The van der Waals surface area contributed by atoms with Gasteiger partial charge < -0.3 is 9.47 Å². The number of hydrogen-bond acceptors (Lipinski definition) is 6. The second kappa shape index (κ2) is 9.14. The van der Waals surface area contributed by atoms with Crippen LogP contribution in [0.4, 0.5) is 10.5 Å². The molecule has 0 atom stereocenters. The lowest BCUT2D eigenvalue weighted by Crippen LogP contribution is -2.34. The highest BCUT2D eigenvalue weighted by Gasteiger charge is 2.20. The van der Waals surface area contributed by atoms with Gasteiger partial charge in [0.25, 0.3) is 11.8 Å². The third kappa shape index (κ3) is 5.15. The largest absolute Gasteiger partial charge is 0.452 e. The summed E-state index contributed by atoms with van der Waals surface area (Å²) in [4.78, 5) is 48.8. The van der Waals surface area contributed by atoms with Crippen LogP contribution < -0.4 is 10.2 Å². The molecule has 0 bridgehead atoms. The summed E-state index contributed by atoms with van der Waals surface area (Å²) in [6, 6.07) is 14.4. The highest BCUT2D eigenvalue weighted by atomic mass is 16.5. The molecule has 140 valence electrons. The van der Waals surface area contributed by atoms with Crippen molar-refractivity contribution in [3.05, 3.63) is 65.7 Å². The number of amides is 3. The minimum Gasteiger partial charge on any atom is -0.452 e. The van der Waals surface area contributed by atoms with Crippen LogP contribution in [0, 0.1) is 0 Å². The average molecular weight is 370 g/mol. The van der Waals surface area contributed by atoms with Crippen molar-refractivity contribution in [3.63, 3.8) is 0 Å². The van der Waals surface area contributed by atoms with Crippen molar-refractivity contribution in [1.29, 1.82) is 0 Å². The number of para-hydroxylation sites is 1. The molecule has 0 aliphatic carbocycles. The van der Waals surface area contributed by atoms with Gasteiger partial charge in [0.1, 0.15) is 0 Å². The van der Waals surface area contributed by atoms with Crippen LogP contribution in [0.5, 0.6) is 0 Å². The van der Waals surface area contributed by atoms with Gasteiger partial charge in [-0.2, -0.15) is 0 Å². The van der Waals surface area contributed by atoms with Crippen LogP contribution in [0.25, 0.3) is 0 Å². The summed E-state index contributed by atoms with van der Waals surface area (Å²) in [5.41, 5.74) is 0.643. The molecule has 0 aliphatic rings. The number of esters is 1. The lowest BCUT2D eigenvalue weighted by atomic mass is 10.1. The Balaban J connectivity index is 1.99. The van der Waals surface area contributed by atoms with Crippen LogP contribution in [0.2, 0.25) is 0 Å². The monoisotopic (exact) mass is 370 g/mol. The minimum absolute atomic E-state index is 0.0765. The van der Waals surface area contributed by atoms with Crippen LogP contribution in [0.3, 0.4) is 0 Å². The number of rotatable bonds is 5. The fourth-order valence-electron chi connectivity index (χ4n) is 2.21. The fourth-order valence-corrected chi connectivity index (χ4v) is 2.21. The number of carbonyl (C=O) groups is 4. The quantitative estimate of drug-likeness (QED) is 0.808. The molecular formula is C19H18N2O6. The van der Waals surface area contributed by atoms with E-state index in [4.69, 9.17) is 4.74 Å². The Bertz CT molecular complexity index is 850. The number of anilines is 1. The van der Waals surface area contributed by atoms with Crippen LogP contribution >= 0.6 is 0 Å². The van der Waals surface area contributed by atoms with Gasteiger partial charge in [-0.05, 0) is 24.3 Å². The summed E-state index contributed by atoms with van der Waals surface area (Å²) in [6.45, 7) is -0.645. The standard InChI is InChI=1S/C19H18N2O6/c1-21(19(25)26-2)15-11-7-6-10-14(15)18(24)27-12-16(22)20-17(23)13-8-4-3-5-9-13/h3-11H,12H2,1-2H3,(H,20,22,23). The van der Waals surface area contributed by atoms with Gasteiger partial charge in [-0.1, -0.05) is 30.3 Å². The smallest absolute Gasteiger partial charge is 0.413 e. The Morgan fingerprint density at radius 2 is 1.59 bits per heavy atom. The Hall–Kier alpha value is -3.68. The van der Waals surface area contributed by atoms with E-state index in [0.717, 1.165) is 4.90 Å². The van der Waals surface area contributed by atoms with Gasteiger partial charge in [0.05, 0.1) is 18.4 Å². The van der Waals surface area contributed by atoms with Crippen LogP contribution in [0.15, 0.2) is 54.6 Å². The molecule has 1 N–H and O–H groups in total. The zero-order valence-corrected chi connectivity index (χ0v) is 14.8. The van der Waals surface area contributed by atoms with Gasteiger partial charge in [0, 0.05) is 12.6 Å². The van der Waals surface area contributed by atoms with Crippen molar-refractivity contribution < 1.29 is 28.7 Å². The molecule has 0 aliphatic heterocycles. The highest BCUT2D eigenvalue weighted by Crippen LogP contribution is 2.20. The van der Waals surface area contributed by atoms with E-state index < -0.39 is 30.5 Å². The number of hydrogen-bond donors (Lipinski definition) is 1. The first kappa shape index (κ1) is 19.6. The molecule has 0 fully saturated rings. The summed E-state index contributed by atoms with van der Waals surface area (Å²) in [6.07, 6.45) is -0.665. The number of benzene rings is 2. The van der Waals surface area contributed by atoms with Crippen molar-refractivity contribution in [2.75, 3.05) is 25.7 Å². The van der Waals surface area contributed by atoms with Crippen molar-refractivity contribution in [2.45, 2.75) is 0 Å². The molecule has 0 saturated heterocycles. The van der Waals surface area contributed by atoms with Gasteiger partial charge in [-0.25, -0.2) is 9.59 Å². The molecule has 0 heterocycles. The van der Waals surface area contributed by atoms with Crippen molar-refractivity contribution in [3.8, 4) is 0 Å². The second-order valence-electron chi connectivity index (χ2n) is 5.37. The number of nitrogens with one attached hydrogen (secondary N) is 1. The van der Waals surface area contributed by atoms with E-state index in [-0.39, 0.29) is 11.3 Å².